The Morgan fingerprint density at radius 2 is 1.73 bits per heavy atom. The lowest BCUT2D eigenvalue weighted by atomic mass is 9.85. The van der Waals surface area contributed by atoms with E-state index in [-0.39, 0.29) is 66.6 Å². The van der Waals surface area contributed by atoms with Gasteiger partial charge >= 0.3 is 13.3 Å². The first-order chi connectivity index (χ1) is 34.7. The minimum Gasteiger partial charge on any atom is -0.376 e. The zero-order valence-electron chi connectivity index (χ0n) is 40.9. The zero-order valence-corrected chi connectivity index (χ0v) is 42.7. The molecule has 0 aliphatic carbocycles. The van der Waals surface area contributed by atoms with E-state index in [0.29, 0.717) is 42.9 Å². The van der Waals surface area contributed by atoms with Crippen LogP contribution in [0.2, 0.25) is 0 Å². The van der Waals surface area contributed by atoms with Crippen LogP contribution in [0.1, 0.15) is 127 Å². The fourth-order valence-corrected chi connectivity index (χ4v) is 11.2. The van der Waals surface area contributed by atoms with Crippen molar-refractivity contribution in [3.8, 4) is 11.8 Å². The van der Waals surface area contributed by atoms with Gasteiger partial charge in [0.15, 0.2) is 0 Å². The number of hydrogen-bond donors (Lipinski definition) is 4. The Balaban J connectivity index is 0.872. The number of rotatable bonds is 16. The number of amides is 6. The summed E-state index contributed by atoms with van der Waals surface area (Å²) in [5.74, 6) is 4.05. The topological polar surface area (TPSA) is 212 Å². The fraction of sp³-hybridized carbons (Fsp3) is 0.472. The molecule has 1 aromatic heterocycles. The molecule has 3 aromatic carbocycles. The molecule has 8 rings (SSSR count). The van der Waals surface area contributed by atoms with Crippen LogP contribution in [0.5, 0.6) is 0 Å². The minimum absolute atomic E-state index is 0.0903. The number of thiophene rings is 1. The van der Waals surface area contributed by atoms with Crippen molar-refractivity contribution in [2.45, 2.75) is 121 Å². The summed E-state index contributed by atoms with van der Waals surface area (Å²) in [4.78, 5) is 104. The van der Waals surface area contributed by atoms with E-state index in [1.54, 1.807) is 37.8 Å². The van der Waals surface area contributed by atoms with Gasteiger partial charge in [0.2, 0.25) is 23.6 Å². The largest absolute Gasteiger partial charge is 0.399 e. The third kappa shape index (κ3) is 12.1. The van der Waals surface area contributed by atoms with Gasteiger partial charge in [0.05, 0.1) is 24.1 Å². The van der Waals surface area contributed by atoms with Crippen LogP contribution in [0.3, 0.4) is 0 Å². The van der Waals surface area contributed by atoms with Crippen molar-refractivity contribution in [3.63, 3.8) is 0 Å². The number of imide groups is 1. The third-order valence-corrected chi connectivity index (χ3v) is 15.9. The second-order valence-electron chi connectivity index (χ2n) is 20.1. The first kappa shape index (κ1) is 53.4. The summed E-state index contributed by atoms with van der Waals surface area (Å²) in [5, 5.41) is 5.36. The zero-order chi connectivity index (χ0) is 52.2. The maximum Gasteiger partial charge on any atom is 0.399 e. The molecule has 6 amide bonds. The average molecular weight is 1040 g/mol. The smallest absolute Gasteiger partial charge is 0.376 e. The van der Waals surface area contributed by atoms with Crippen LogP contribution in [-0.4, -0.2) is 117 Å². The molecule has 4 aliphatic rings. The predicted octanol–water partition coefficient (Wildman–Crippen LogP) is 7.01. The van der Waals surface area contributed by atoms with E-state index in [0.717, 1.165) is 72.3 Å². The number of morpholine rings is 1. The number of likely N-dealkylation sites (tertiary alicyclic amines) is 1. The van der Waals surface area contributed by atoms with Crippen molar-refractivity contribution in [1.29, 1.82) is 0 Å². The SMILES string of the molecule is CC(C)(C)[C@H](NC(=O)c1cc2cc(C(F)(F)P(=O)(O)O)ccc2s1)C(=O)N1C[C@@H](OCCCCCCCC#Cc2cccc3c2CN(C2CCC(=O)NC2=O)C3=O)C[C@H]1C(=O)N1CCOC(c2ccccc2)C1. The molecule has 388 valence electrons. The Hall–Kier alpha value is -5.87. The van der Waals surface area contributed by atoms with E-state index in [1.165, 1.54) is 21.9 Å². The highest BCUT2D eigenvalue weighted by Gasteiger charge is 2.51. The van der Waals surface area contributed by atoms with Crippen LogP contribution < -0.4 is 10.6 Å². The van der Waals surface area contributed by atoms with Gasteiger partial charge in [0.25, 0.3) is 11.8 Å². The van der Waals surface area contributed by atoms with E-state index >= 15 is 0 Å². The Morgan fingerprint density at radius 3 is 2.47 bits per heavy atom. The summed E-state index contributed by atoms with van der Waals surface area (Å²) in [6, 6.07) is 16.7. The molecule has 4 aliphatic heterocycles. The molecular weight excluding hydrogens is 984 g/mol. The summed E-state index contributed by atoms with van der Waals surface area (Å²) in [6.07, 6.45) is 4.92. The summed E-state index contributed by atoms with van der Waals surface area (Å²) < 4.78 is 53.6. The van der Waals surface area contributed by atoms with Gasteiger partial charge in [-0.3, -0.25) is 38.6 Å². The van der Waals surface area contributed by atoms with E-state index in [4.69, 9.17) is 9.47 Å². The Kier molecular flexibility index (Phi) is 16.3. The Labute approximate surface area is 426 Å². The van der Waals surface area contributed by atoms with E-state index in [1.807, 2.05) is 36.4 Å². The van der Waals surface area contributed by atoms with E-state index in [2.05, 4.69) is 22.5 Å². The van der Waals surface area contributed by atoms with Gasteiger partial charge in [-0.2, -0.15) is 8.78 Å². The number of piperidine rings is 1. The molecule has 3 fully saturated rings. The molecule has 73 heavy (non-hydrogen) atoms. The van der Waals surface area contributed by atoms with Gasteiger partial charge in [0.1, 0.15) is 24.2 Å². The second-order valence-corrected chi connectivity index (χ2v) is 22.8. The first-order valence-electron chi connectivity index (χ1n) is 24.6. The molecule has 20 heteroatoms. The monoisotopic (exact) mass is 1040 g/mol. The van der Waals surface area contributed by atoms with Crippen molar-refractivity contribution in [3.05, 3.63) is 105 Å². The molecule has 3 saturated heterocycles. The Morgan fingerprint density at radius 1 is 0.973 bits per heavy atom. The number of ether oxygens (including phenoxy) is 2. The van der Waals surface area contributed by atoms with Gasteiger partial charge in [0, 0.05) is 66.9 Å². The lowest BCUT2D eigenvalue weighted by molar-refractivity contribution is -0.150. The van der Waals surface area contributed by atoms with Crippen LogP contribution in [0.15, 0.2) is 72.8 Å². The number of halogens is 2. The highest BCUT2D eigenvalue weighted by molar-refractivity contribution is 7.52. The number of nitrogens with zero attached hydrogens (tertiary/aromatic N) is 3. The summed E-state index contributed by atoms with van der Waals surface area (Å²) >= 11 is 0.976. The van der Waals surface area contributed by atoms with Gasteiger partial charge in [-0.25, -0.2) is 0 Å². The second kappa shape index (κ2) is 22.3. The van der Waals surface area contributed by atoms with Crippen molar-refractivity contribution >= 4 is 64.5 Å². The number of hydrogen-bond acceptors (Lipinski definition) is 10. The van der Waals surface area contributed by atoms with Gasteiger partial charge < -0.3 is 39.3 Å². The van der Waals surface area contributed by atoms with Crippen molar-refractivity contribution in [2.75, 3.05) is 32.8 Å². The summed E-state index contributed by atoms with van der Waals surface area (Å²) in [6.45, 7) is 7.05. The number of alkyl halides is 2. The van der Waals surface area contributed by atoms with Crippen molar-refractivity contribution in [2.24, 2.45) is 5.41 Å². The fourth-order valence-electron chi connectivity index (χ4n) is 9.81. The lowest BCUT2D eigenvalue weighted by Crippen LogP contribution is -2.58. The number of nitrogens with one attached hydrogen (secondary N) is 2. The van der Waals surface area contributed by atoms with Crippen LogP contribution in [-0.2, 0) is 45.4 Å². The number of benzene rings is 3. The predicted molar refractivity (Wildman–Crippen MR) is 267 cm³/mol. The van der Waals surface area contributed by atoms with Gasteiger partial charge in [-0.1, -0.05) is 94.3 Å². The number of unbranched alkanes of at least 4 members (excludes halogenated alkanes) is 5. The molecule has 16 nitrogen and oxygen atoms in total. The maximum atomic E-state index is 14.8. The first-order valence-corrected chi connectivity index (χ1v) is 27.1. The van der Waals surface area contributed by atoms with Crippen LogP contribution in [0.25, 0.3) is 10.1 Å². The molecule has 5 atom stereocenters. The molecule has 0 saturated carbocycles. The maximum absolute atomic E-state index is 14.8. The number of carbonyl (C=O) groups is 6. The summed E-state index contributed by atoms with van der Waals surface area (Å²) in [5.41, 5.74) is -3.20. The molecule has 0 bridgehead atoms. The summed E-state index contributed by atoms with van der Waals surface area (Å²) in [7, 11) is -5.83. The molecule has 4 aromatic rings. The number of carbonyl (C=O) groups excluding carboxylic acids is 6. The van der Waals surface area contributed by atoms with Crippen LogP contribution in [0.4, 0.5) is 8.78 Å². The molecule has 4 N–H and O–H groups in total. The average Bonchev–Trinajstić information content (AvgIpc) is 4.08. The van der Waals surface area contributed by atoms with Gasteiger partial charge in [-0.15, -0.1) is 11.3 Å². The molecule has 2 unspecified atom stereocenters. The van der Waals surface area contributed by atoms with Crippen molar-refractivity contribution in [1.82, 2.24) is 25.3 Å². The molecular formula is C53H60F2N5O11PS. The Bertz CT molecular complexity index is 2880. The van der Waals surface area contributed by atoms with Crippen LogP contribution >= 0.6 is 18.9 Å². The highest BCUT2D eigenvalue weighted by Crippen LogP contribution is 2.59. The third-order valence-electron chi connectivity index (χ3n) is 13.8. The lowest BCUT2D eigenvalue weighted by Gasteiger charge is -2.38. The quantitative estimate of drug-likeness (QED) is 0.0388. The number of fused-ring (bicyclic) bond motifs is 2. The van der Waals surface area contributed by atoms with E-state index in [9.17, 15) is 51.9 Å². The van der Waals surface area contributed by atoms with Crippen LogP contribution in [0, 0.1) is 17.3 Å². The van der Waals surface area contributed by atoms with E-state index < -0.39 is 66.2 Å². The van der Waals surface area contributed by atoms with Gasteiger partial charge in [-0.05, 0) is 71.5 Å². The standard InChI is InChI=1S/C53H60F2N5O11PS/c1-52(2,3)46(57-48(63)44-28-35-27-36(20-22-43(35)73-44)53(54,55)72(67,68)69)51(66)59-30-37(29-41(59)50(65)58-24-26-71-42(32-58)34-16-11-9-12-17-34)70-25-13-8-6-4-5-7-10-15-33-18-14-19-38-39(33)31-60(49(38)64)40-21-23-45(61)56-47(40)62/h9,11-12,14,16-20,22,27-28,37,40-42,46H,4-8,13,21,23-26,29-32H2,1-3H3,(H,57,63)(H,56,61,62)(H2,67,68,69)/t37-,40?,41-,42?,46+/m0/s1. The van der Waals surface area contributed by atoms with Crippen molar-refractivity contribution < 1.29 is 61.4 Å². The molecule has 5 heterocycles. The minimum atomic E-state index is -5.83. The highest BCUT2D eigenvalue weighted by atomic mass is 32.1. The molecule has 0 spiro atoms. The normalized spacial score (nSPS) is 20.9. The molecule has 0 radical (unpaired) electrons.